The fraction of sp³-hybridized carbons (Fsp3) is 0.407. The standard InChI is InChI=1S/C27H32N2O5/c1-2-21-24(26(31)34-17-19-11-7-4-8-12-19)25(29-27(32)28-21)20-13-14-23(22(30)15-20)33-16-18-9-5-3-6-10-18/h3,5-6,9-10,13-15,19,25,30H,2,4,7-8,11-12,16-17H2,1H3,(H2,28,29,32). The molecule has 3 N–H and O–H groups in total. The average Bonchev–Trinajstić information content (AvgIpc) is 2.87. The zero-order valence-corrected chi connectivity index (χ0v) is 19.5. The molecule has 1 aliphatic heterocycles. The van der Waals surface area contributed by atoms with Crippen LogP contribution in [0, 0.1) is 5.92 Å². The van der Waals surface area contributed by atoms with Crippen molar-refractivity contribution in [2.45, 2.75) is 58.1 Å². The zero-order chi connectivity index (χ0) is 23.9. The van der Waals surface area contributed by atoms with E-state index in [9.17, 15) is 14.7 Å². The van der Waals surface area contributed by atoms with Crippen LogP contribution < -0.4 is 15.4 Å². The molecule has 1 unspecified atom stereocenters. The molecule has 1 aliphatic carbocycles. The molecule has 180 valence electrons. The molecule has 2 aliphatic rings. The molecule has 1 heterocycles. The second-order valence-corrected chi connectivity index (χ2v) is 8.88. The largest absolute Gasteiger partial charge is 0.504 e. The maximum absolute atomic E-state index is 13.2. The lowest BCUT2D eigenvalue weighted by molar-refractivity contribution is -0.141. The molecule has 7 heteroatoms. The molecule has 7 nitrogen and oxygen atoms in total. The van der Waals surface area contributed by atoms with Gasteiger partial charge >= 0.3 is 12.0 Å². The molecule has 0 bridgehead atoms. The lowest BCUT2D eigenvalue weighted by atomic mass is 9.90. The fourth-order valence-corrected chi connectivity index (χ4v) is 4.58. The van der Waals surface area contributed by atoms with Crippen LogP contribution in [0.5, 0.6) is 11.5 Å². The first kappa shape index (κ1) is 23.7. The molecule has 1 fully saturated rings. The van der Waals surface area contributed by atoms with E-state index >= 15 is 0 Å². The van der Waals surface area contributed by atoms with Crippen LogP contribution in [0.15, 0.2) is 59.8 Å². The third-order valence-electron chi connectivity index (χ3n) is 6.46. The Labute approximate surface area is 200 Å². The van der Waals surface area contributed by atoms with E-state index in [4.69, 9.17) is 9.47 Å². The van der Waals surface area contributed by atoms with Crippen molar-refractivity contribution in [2.75, 3.05) is 6.61 Å². The van der Waals surface area contributed by atoms with Gasteiger partial charge in [-0.15, -0.1) is 0 Å². The Hall–Kier alpha value is -3.48. The number of allylic oxidation sites excluding steroid dienone is 1. The van der Waals surface area contributed by atoms with Crippen molar-refractivity contribution in [1.82, 2.24) is 10.6 Å². The van der Waals surface area contributed by atoms with Crippen molar-refractivity contribution >= 4 is 12.0 Å². The molecule has 0 saturated heterocycles. The summed E-state index contributed by atoms with van der Waals surface area (Å²) in [6.07, 6.45) is 6.20. The Kier molecular flexibility index (Phi) is 7.72. The third kappa shape index (κ3) is 5.71. The molecule has 1 saturated carbocycles. The molecular weight excluding hydrogens is 432 g/mol. The van der Waals surface area contributed by atoms with Crippen LogP contribution in [-0.4, -0.2) is 23.7 Å². The van der Waals surface area contributed by atoms with E-state index in [-0.39, 0.29) is 5.75 Å². The van der Waals surface area contributed by atoms with Gasteiger partial charge in [-0.2, -0.15) is 0 Å². The maximum Gasteiger partial charge on any atom is 0.338 e. The molecular formula is C27H32N2O5. The minimum atomic E-state index is -0.725. The number of hydrogen-bond donors (Lipinski definition) is 3. The van der Waals surface area contributed by atoms with E-state index in [1.807, 2.05) is 37.3 Å². The van der Waals surface area contributed by atoms with E-state index in [1.54, 1.807) is 12.1 Å². The second-order valence-electron chi connectivity index (χ2n) is 8.88. The van der Waals surface area contributed by atoms with Crippen molar-refractivity contribution in [1.29, 1.82) is 0 Å². The number of phenolic OH excluding ortho intramolecular Hbond substituents is 1. The summed E-state index contributed by atoms with van der Waals surface area (Å²) in [4.78, 5) is 25.5. The number of rotatable bonds is 8. The number of carbonyl (C=O) groups excluding carboxylic acids is 2. The number of nitrogens with one attached hydrogen (secondary N) is 2. The van der Waals surface area contributed by atoms with E-state index in [1.165, 1.54) is 25.3 Å². The van der Waals surface area contributed by atoms with E-state index in [0.717, 1.165) is 18.4 Å². The monoisotopic (exact) mass is 464 g/mol. The lowest BCUT2D eigenvalue weighted by Crippen LogP contribution is -2.46. The number of amides is 2. The number of carbonyl (C=O) groups is 2. The molecule has 2 aromatic carbocycles. The topological polar surface area (TPSA) is 96.9 Å². The van der Waals surface area contributed by atoms with E-state index in [2.05, 4.69) is 10.6 Å². The van der Waals surface area contributed by atoms with Crippen molar-refractivity contribution < 1.29 is 24.2 Å². The van der Waals surface area contributed by atoms with Crippen molar-refractivity contribution in [2.24, 2.45) is 5.92 Å². The van der Waals surface area contributed by atoms with Gasteiger partial charge in [-0.05, 0) is 48.4 Å². The summed E-state index contributed by atoms with van der Waals surface area (Å²) in [7, 11) is 0. The van der Waals surface area contributed by atoms with Gasteiger partial charge in [0.25, 0.3) is 0 Å². The average molecular weight is 465 g/mol. The predicted octanol–water partition coefficient (Wildman–Crippen LogP) is 5.11. The number of aromatic hydroxyl groups is 1. The number of hydrogen-bond acceptors (Lipinski definition) is 5. The van der Waals surface area contributed by atoms with Gasteiger partial charge in [-0.25, -0.2) is 9.59 Å². The minimum absolute atomic E-state index is 0.0609. The number of ether oxygens (including phenoxy) is 2. The van der Waals surface area contributed by atoms with E-state index < -0.39 is 18.0 Å². The predicted molar refractivity (Wildman–Crippen MR) is 128 cm³/mol. The summed E-state index contributed by atoms with van der Waals surface area (Å²) < 4.78 is 11.5. The first-order valence-corrected chi connectivity index (χ1v) is 12.0. The first-order valence-electron chi connectivity index (χ1n) is 12.0. The maximum atomic E-state index is 13.2. The molecule has 2 aromatic rings. The van der Waals surface area contributed by atoms with Crippen LogP contribution >= 0.6 is 0 Å². The summed E-state index contributed by atoms with van der Waals surface area (Å²) >= 11 is 0. The molecule has 0 radical (unpaired) electrons. The van der Waals surface area contributed by atoms with Crippen LogP contribution in [-0.2, 0) is 16.1 Å². The molecule has 34 heavy (non-hydrogen) atoms. The van der Waals surface area contributed by atoms with Crippen LogP contribution in [0.25, 0.3) is 0 Å². The van der Waals surface area contributed by atoms with Crippen molar-refractivity contribution in [3.05, 3.63) is 70.9 Å². The van der Waals surface area contributed by atoms with Crippen LogP contribution in [0.3, 0.4) is 0 Å². The van der Waals surface area contributed by atoms with Gasteiger partial charge in [-0.1, -0.05) is 62.6 Å². The Morgan fingerprint density at radius 1 is 1.09 bits per heavy atom. The van der Waals surface area contributed by atoms with Gasteiger partial charge in [-0.3, -0.25) is 0 Å². The van der Waals surface area contributed by atoms with E-state index in [0.29, 0.717) is 48.1 Å². The molecule has 2 amide bonds. The van der Waals surface area contributed by atoms with Crippen LogP contribution in [0.4, 0.5) is 4.79 Å². The molecule has 1 atom stereocenters. The Morgan fingerprint density at radius 2 is 1.85 bits per heavy atom. The SMILES string of the molecule is CCC1=C(C(=O)OCC2CCCCC2)C(c2ccc(OCc3ccccc3)c(O)c2)NC(=O)N1. The zero-order valence-electron chi connectivity index (χ0n) is 19.5. The second kappa shape index (κ2) is 11.1. The van der Waals surface area contributed by atoms with Crippen molar-refractivity contribution in [3.8, 4) is 11.5 Å². The highest BCUT2D eigenvalue weighted by molar-refractivity contribution is 5.95. The van der Waals surface area contributed by atoms with Gasteiger partial charge in [0, 0.05) is 5.70 Å². The highest BCUT2D eigenvalue weighted by Crippen LogP contribution is 2.35. The molecule has 4 rings (SSSR count). The highest BCUT2D eigenvalue weighted by atomic mass is 16.5. The number of urea groups is 1. The minimum Gasteiger partial charge on any atom is -0.504 e. The normalized spacial score (nSPS) is 18.7. The summed E-state index contributed by atoms with van der Waals surface area (Å²) in [5, 5.41) is 16.2. The van der Waals surface area contributed by atoms with Crippen LogP contribution in [0.1, 0.15) is 62.6 Å². The summed E-state index contributed by atoms with van der Waals surface area (Å²) in [6.45, 7) is 2.58. The highest BCUT2D eigenvalue weighted by Gasteiger charge is 2.34. The summed E-state index contributed by atoms with van der Waals surface area (Å²) in [5.74, 6) is 0.213. The molecule has 0 aromatic heterocycles. The van der Waals surface area contributed by atoms with Crippen molar-refractivity contribution in [3.63, 3.8) is 0 Å². The van der Waals surface area contributed by atoms with Gasteiger partial charge < -0.3 is 25.2 Å². The Morgan fingerprint density at radius 3 is 2.56 bits per heavy atom. The first-order chi connectivity index (χ1) is 16.5. The smallest absolute Gasteiger partial charge is 0.338 e. The summed E-state index contributed by atoms with van der Waals surface area (Å²) in [6, 6.07) is 13.5. The fourth-order valence-electron chi connectivity index (χ4n) is 4.58. The number of benzene rings is 2. The quantitative estimate of drug-likeness (QED) is 0.472. The Bertz CT molecular complexity index is 1040. The van der Waals surface area contributed by atoms with Gasteiger partial charge in [0.2, 0.25) is 0 Å². The lowest BCUT2D eigenvalue weighted by Gasteiger charge is -2.30. The van der Waals surface area contributed by atoms with Gasteiger partial charge in [0.15, 0.2) is 11.5 Å². The van der Waals surface area contributed by atoms with Gasteiger partial charge in [0.05, 0.1) is 18.2 Å². The summed E-state index contributed by atoms with van der Waals surface area (Å²) in [5.41, 5.74) is 2.46. The number of esters is 1. The number of phenols is 1. The van der Waals surface area contributed by atoms with Crippen LogP contribution in [0.2, 0.25) is 0 Å². The third-order valence-corrected chi connectivity index (χ3v) is 6.46. The Balaban J connectivity index is 1.52. The molecule has 0 spiro atoms. The van der Waals surface area contributed by atoms with Gasteiger partial charge in [0.1, 0.15) is 6.61 Å².